The van der Waals surface area contributed by atoms with E-state index < -0.39 is 0 Å². The van der Waals surface area contributed by atoms with Crippen LogP contribution in [-0.2, 0) is 0 Å². The molecule has 1 fully saturated rings. The van der Waals surface area contributed by atoms with E-state index in [-0.39, 0.29) is 12.1 Å². The summed E-state index contributed by atoms with van der Waals surface area (Å²) in [5.74, 6) is -0.113. The Labute approximate surface area is 106 Å². The highest BCUT2D eigenvalue weighted by atomic mass is 16.2. The van der Waals surface area contributed by atoms with E-state index in [1.807, 2.05) is 12.1 Å². The predicted molar refractivity (Wildman–Crippen MR) is 66.8 cm³/mol. The fourth-order valence-electron chi connectivity index (χ4n) is 2.88. The van der Waals surface area contributed by atoms with Crippen molar-refractivity contribution in [2.45, 2.75) is 25.4 Å². The molecule has 2 aliphatic heterocycles. The van der Waals surface area contributed by atoms with Gasteiger partial charge in [-0.1, -0.05) is 18.6 Å². The Kier molecular flexibility index (Phi) is 2.77. The van der Waals surface area contributed by atoms with E-state index in [0.717, 1.165) is 18.7 Å². The molecule has 1 aromatic rings. The van der Waals surface area contributed by atoms with Gasteiger partial charge in [0.2, 0.25) is 0 Å². The van der Waals surface area contributed by atoms with Crippen LogP contribution < -0.4 is 5.32 Å². The number of likely N-dealkylation sites (tertiary alicyclic amines) is 1. The third-order valence-corrected chi connectivity index (χ3v) is 3.76. The number of hydrogen-bond acceptors (Lipinski definition) is 3. The molecule has 3 rings (SSSR count). The molecular weight excluding hydrogens is 226 g/mol. The Balaban J connectivity index is 1.99. The summed E-state index contributed by atoms with van der Waals surface area (Å²) in [5, 5.41) is 12.1. The molecular formula is C14H15N3O. The van der Waals surface area contributed by atoms with E-state index >= 15 is 0 Å². The Hall–Kier alpha value is -1.86. The van der Waals surface area contributed by atoms with Crippen LogP contribution in [0.3, 0.4) is 0 Å². The second-order valence-electron chi connectivity index (χ2n) is 4.85. The molecule has 0 aromatic heterocycles. The van der Waals surface area contributed by atoms with Gasteiger partial charge < -0.3 is 5.32 Å². The molecule has 18 heavy (non-hydrogen) atoms. The summed E-state index contributed by atoms with van der Waals surface area (Å²) in [6.45, 7) is 2.03. The molecule has 4 heteroatoms. The highest BCUT2D eigenvalue weighted by molar-refractivity contribution is 6.01. The third-order valence-electron chi connectivity index (χ3n) is 3.76. The van der Waals surface area contributed by atoms with Crippen LogP contribution in [0.25, 0.3) is 0 Å². The number of amides is 1. The number of fused-ring (bicyclic) bond motifs is 1. The van der Waals surface area contributed by atoms with E-state index in [2.05, 4.69) is 16.3 Å². The molecule has 1 unspecified atom stereocenters. The van der Waals surface area contributed by atoms with Crippen molar-refractivity contribution in [1.29, 1.82) is 5.26 Å². The average Bonchev–Trinajstić information content (AvgIpc) is 2.77. The lowest BCUT2D eigenvalue weighted by molar-refractivity contribution is 0.0870. The van der Waals surface area contributed by atoms with Crippen LogP contribution in [-0.4, -0.2) is 23.9 Å². The van der Waals surface area contributed by atoms with E-state index in [1.54, 1.807) is 6.07 Å². The minimum atomic E-state index is -0.113. The van der Waals surface area contributed by atoms with Crippen LogP contribution in [0.2, 0.25) is 0 Å². The van der Waals surface area contributed by atoms with Gasteiger partial charge in [0.05, 0.1) is 17.2 Å². The maximum Gasteiger partial charge on any atom is 0.254 e. The van der Waals surface area contributed by atoms with E-state index in [1.165, 1.54) is 19.3 Å². The van der Waals surface area contributed by atoms with Crippen molar-refractivity contribution in [3.05, 3.63) is 34.9 Å². The van der Waals surface area contributed by atoms with Gasteiger partial charge in [-0.05, 0) is 18.9 Å². The molecule has 0 radical (unpaired) electrons. The minimum absolute atomic E-state index is 0.0406. The van der Waals surface area contributed by atoms with Crippen LogP contribution in [0.4, 0.5) is 0 Å². The SMILES string of the molecule is N#Cc1cccc2c1C(=O)NC2N1CCCCC1. The number of piperidine rings is 1. The second kappa shape index (κ2) is 4.43. The van der Waals surface area contributed by atoms with Gasteiger partial charge in [0.15, 0.2) is 0 Å². The molecule has 2 heterocycles. The Morgan fingerprint density at radius 3 is 2.78 bits per heavy atom. The molecule has 0 spiro atoms. The smallest absolute Gasteiger partial charge is 0.254 e. The van der Waals surface area contributed by atoms with Crippen LogP contribution in [0.5, 0.6) is 0 Å². The van der Waals surface area contributed by atoms with E-state index in [4.69, 9.17) is 5.26 Å². The molecule has 1 saturated heterocycles. The highest BCUT2D eigenvalue weighted by Gasteiger charge is 2.34. The Morgan fingerprint density at radius 1 is 1.28 bits per heavy atom. The lowest BCUT2D eigenvalue weighted by atomic mass is 10.0. The first-order valence-electron chi connectivity index (χ1n) is 6.39. The molecule has 2 aliphatic rings. The predicted octanol–water partition coefficient (Wildman–Crippen LogP) is 1.79. The molecule has 0 saturated carbocycles. The summed E-state index contributed by atoms with van der Waals surface area (Å²) in [6.07, 6.45) is 3.59. The van der Waals surface area contributed by atoms with Crippen molar-refractivity contribution in [1.82, 2.24) is 10.2 Å². The summed E-state index contributed by atoms with van der Waals surface area (Å²) in [6, 6.07) is 7.61. The zero-order valence-electron chi connectivity index (χ0n) is 10.1. The number of carbonyl (C=O) groups is 1. The number of nitrogens with zero attached hydrogens (tertiary/aromatic N) is 2. The topological polar surface area (TPSA) is 56.1 Å². The summed E-state index contributed by atoms with van der Waals surface area (Å²) in [7, 11) is 0. The van der Waals surface area contributed by atoms with E-state index in [9.17, 15) is 4.79 Å². The minimum Gasteiger partial charge on any atom is -0.332 e. The zero-order chi connectivity index (χ0) is 12.5. The molecule has 92 valence electrons. The van der Waals surface area contributed by atoms with E-state index in [0.29, 0.717) is 11.1 Å². The van der Waals surface area contributed by atoms with Crippen molar-refractivity contribution >= 4 is 5.91 Å². The van der Waals surface area contributed by atoms with Crippen molar-refractivity contribution in [2.24, 2.45) is 0 Å². The van der Waals surface area contributed by atoms with Gasteiger partial charge in [-0.15, -0.1) is 0 Å². The number of nitriles is 1. The first kappa shape index (κ1) is 11.2. The van der Waals surface area contributed by atoms with Crippen LogP contribution in [0.1, 0.15) is 46.9 Å². The van der Waals surface area contributed by atoms with Crippen LogP contribution in [0.15, 0.2) is 18.2 Å². The number of hydrogen-bond donors (Lipinski definition) is 1. The largest absolute Gasteiger partial charge is 0.332 e. The van der Waals surface area contributed by atoms with Crippen LogP contribution >= 0.6 is 0 Å². The fourth-order valence-corrected chi connectivity index (χ4v) is 2.88. The normalized spacial score (nSPS) is 23.3. The van der Waals surface area contributed by atoms with Crippen molar-refractivity contribution in [2.75, 3.05) is 13.1 Å². The summed E-state index contributed by atoms with van der Waals surface area (Å²) < 4.78 is 0. The van der Waals surface area contributed by atoms with Gasteiger partial charge in [0.25, 0.3) is 5.91 Å². The van der Waals surface area contributed by atoms with Gasteiger partial charge in [-0.25, -0.2) is 0 Å². The maximum atomic E-state index is 12.0. The van der Waals surface area contributed by atoms with Gasteiger partial charge in [0.1, 0.15) is 6.17 Å². The molecule has 1 amide bonds. The first-order valence-corrected chi connectivity index (χ1v) is 6.39. The van der Waals surface area contributed by atoms with Crippen molar-refractivity contribution < 1.29 is 4.79 Å². The summed E-state index contributed by atoms with van der Waals surface area (Å²) in [5.41, 5.74) is 2.00. The van der Waals surface area contributed by atoms with Gasteiger partial charge in [-0.2, -0.15) is 5.26 Å². The second-order valence-corrected chi connectivity index (χ2v) is 4.85. The summed E-state index contributed by atoms with van der Waals surface area (Å²) in [4.78, 5) is 14.3. The lowest BCUT2D eigenvalue weighted by Crippen LogP contribution is -2.39. The molecule has 1 N–H and O–H groups in total. The fraction of sp³-hybridized carbons (Fsp3) is 0.429. The van der Waals surface area contributed by atoms with Crippen LogP contribution in [0, 0.1) is 11.3 Å². The number of rotatable bonds is 1. The molecule has 0 aliphatic carbocycles. The standard InChI is InChI=1S/C14H15N3O/c15-9-10-5-4-6-11-12(10)14(18)16-13(11)17-7-2-1-3-8-17/h4-6,13H,1-3,7-8H2,(H,16,18). The number of carbonyl (C=O) groups excluding carboxylic acids is 1. The zero-order valence-corrected chi connectivity index (χ0v) is 10.1. The Morgan fingerprint density at radius 2 is 2.06 bits per heavy atom. The number of nitrogens with one attached hydrogen (secondary N) is 1. The molecule has 0 bridgehead atoms. The first-order chi connectivity index (χ1) is 8.81. The van der Waals surface area contributed by atoms with Crippen molar-refractivity contribution in [3.63, 3.8) is 0 Å². The highest BCUT2D eigenvalue weighted by Crippen LogP contribution is 2.31. The third kappa shape index (κ3) is 1.68. The molecule has 1 atom stereocenters. The average molecular weight is 241 g/mol. The lowest BCUT2D eigenvalue weighted by Gasteiger charge is -2.32. The maximum absolute atomic E-state index is 12.0. The molecule has 1 aromatic carbocycles. The monoisotopic (exact) mass is 241 g/mol. The quantitative estimate of drug-likeness (QED) is 0.815. The van der Waals surface area contributed by atoms with Gasteiger partial charge >= 0.3 is 0 Å². The summed E-state index contributed by atoms with van der Waals surface area (Å²) >= 11 is 0. The Bertz CT molecular complexity index is 526. The van der Waals surface area contributed by atoms with Gasteiger partial charge in [-0.3, -0.25) is 9.69 Å². The number of benzene rings is 1. The molecule has 4 nitrogen and oxygen atoms in total. The van der Waals surface area contributed by atoms with Crippen molar-refractivity contribution in [3.8, 4) is 6.07 Å². The van der Waals surface area contributed by atoms with Gasteiger partial charge in [0, 0.05) is 18.7 Å².